The van der Waals surface area contributed by atoms with Gasteiger partial charge in [-0.1, -0.05) is 29.8 Å². The lowest BCUT2D eigenvalue weighted by Crippen LogP contribution is -2.17. The molecule has 1 atom stereocenters. The number of rotatable bonds is 7. The number of hydrogen-bond donors (Lipinski definition) is 1. The van der Waals surface area contributed by atoms with Crippen LogP contribution in [-0.4, -0.2) is 25.6 Å². The fourth-order valence-electron chi connectivity index (χ4n) is 1.89. The summed E-state index contributed by atoms with van der Waals surface area (Å²) in [5.41, 5.74) is 1.28. The van der Waals surface area contributed by atoms with Crippen molar-refractivity contribution in [2.75, 3.05) is 25.6 Å². The van der Waals surface area contributed by atoms with Crippen LogP contribution in [0.25, 0.3) is 0 Å². The average molecular weight is 258 g/mol. The molecule has 0 aliphatic heterocycles. The zero-order valence-corrected chi connectivity index (χ0v) is 11.6. The molecule has 0 fully saturated rings. The summed E-state index contributed by atoms with van der Waals surface area (Å²) >= 11 is 8.14. The van der Waals surface area contributed by atoms with Crippen LogP contribution in [0, 0.1) is 0 Å². The van der Waals surface area contributed by atoms with Gasteiger partial charge in [0.1, 0.15) is 0 Å². The maximum atomic E-state index is 6.23. The van der Waals surface area contributed by atoms with E-state index in [2.05, 4.69) is 23.7 Å². The van der Waals surface area contributed by atoms with Crippen molar-refractivity contribution < 1.29 is 0 Å². The molecule has 3 heteroatoms. The number of benzene rings is 1. The second-order valence-corrected chi connectivity index (χ2v) is 5.30. The highest BCUT2D eigenvalue weighted by Gasteiger charge is 2.12. The quantitative estimate of drug-likeness (QED) is 0.746. The summed E-state index contributed by atoms with van der Waals surface area (Å²) < 4.78 is 0. The summed E-state index contributed by atoms with van der Waals surface area (Å²) in [6.45, 7) is 0.998. The molecule has 0 radical (unpaired) electrons. The van der Waals surface area contributed by atoms with Crippen LogP contribution >= 0.6 is 23.4 Å². The van der Waals surface area contributed by atoms with E-state index >= 15 is 0 Å². The van der Waals surface area contributed by atoms with Crippen LogP contribution in [0.15, 0.2) is 24.3 Å². The predicted octanol–water partition coefficient (Wildman–Crippen LogP) is 3.79. The fraction of sp³-hybridized carbons (Fsp3) is 0.538. The largest absolute Gasteiger partial charge is 0.319 e. The highest BCUT2D eigenvalue weighted by Crippen LogP contribution is 2.27. The van der Waals surface area contributed by atoms with Crippen LogP contribution in [-0.2, 0) is 0 Å². The molecule has 0 heterocycles. The van der Waals surface area contributed by atoms with Crippen molar-refractivity contribution in [3.63, 3.8) is 0 Å². The van der Waals surface area contributed by atoms with E-state index in [1.807, 2.05) is 30.9 Å². The van der Waals surface area contributed by atoms with Crippen molar-refractivity contribution in [1.82, 2.24) is 5.32 Å². The van der Waals surface area contributed by atoms with Crippen molar-refractivity contribution in [2.45, 2.75) is 18.8 Å². The van der Waals surface area contributed by atoms with Crippen molar-refractivity contribution in [2.24, 2.45) is 0 Å². The Kier molecular flexibility index (Phi) is 6.93. The molecule has 1 aromatic rings. The van der Waals surface area contributed by atoms with Gasteiger partial charge in [0, 0.05) is 11.6 Å². The molecule has 0 aliphatic carbocycles. The molecule has 1 unspecified atom stereocenters. The molecule has 1 nitrogen and oxygen atoms in total. The van der Waals surface area contributed by atoms with Crippen LogP contribution < -0.4 is 5.32 Å². The van der Waals surface area contributed by atoms with Crippen LogP contribution in [0.4, 0.5) is 0 Å². The van der Waals surface area contributed by atoms with E-state index in [9.17, 15) is 0 Å². The lowest BCUT2D eigenvalue weighted by atomic mass is 9.94. The van der Waals surface area contributed by atoms with E-state index in [0.29, 0.717) is 5.92 Å². The van der Waals surface area contributed by atoms with Crippen LogP contribution in [0.3, 0.4) is 0 Å². The summed E-state index contributed by atoms with van der Waals surface area (Å²) in [6.07, 6.45) is 4.60. The smallest absolute Gasteiger partial charge is 0.0441 e. The zero-order valence-electron chi connectivity index (χ0n) is 10.0. The van der Waals surface area contributed by atoms with Gasteiger partial charge in [0.15, 0.2) is 0 Å². The molecule has 1 aromatic carbocycles. The Balaban J connectivity index is 2.65. The van der Waals surface area contributed by atoms with Gasteiger partial charge in [-0.15, -0.1) is 0 Å². The number of likely N-dealkylation sites (N-methyl/N-ethyl adjacent to an activating group) is 1. The Morgan fingerprint density at radius 1 is 1.38 bits per heavy atom. The molecule has 1 rings (SSSR count). The molecule has 0 saturated heterocycles. The first-order chi connectivity index (χ1) is 7.79. The van der Waals surface area contributed by atoms with Crippen molar-refractivity contribution in [1.29, 1.82) is 0 Å². The highest BCUT2D eigenvalue weighted by atomic mass is 35.5. The van der Waals surface area contributed by atoms with E-state index in [1.54, 1.807) is 0 Å². The van der Waals surface area contributed by atoms with Crippen molar-refractivity contribution >= 4 is 23.4 Å². The molecular formula is C13H20ClNS. The third-order valence-corrected chi connectivity index (χ3v) is 3.74. The van der Waals surface area contributed by atoms with E-state index in [4.69, 9.17) is 11.6 Å². The SMILES string of the molecule is CNCC(CCCSC)c1ccccc1Cl. The summed E-state index contributed by atoms with van der Waals surface area (Å²) in [6, 6.07) is 8.18. The molecule has 16 heavy (non-hydrogen) atoms. The van der Waals surface area contributed by atoms with Gasteiger partial charge in [0.05, 0.1) is 0 Å². The topological polar surface area (TPSA) is 12.0 Å². The lowest BCUT2D eigenvalue weighted by molar-refractivity contribution is 0.579. The summed E-state index contributed by atoms with van der Waals surface area (Å²) in [7, 11) is 2.00. The van der Waals surface area contributed by atoms with E-state index < -0.39 is 0 Å². The summed E-state index contributed by atoms with van der Waals surface area (Å²) in [5.74, 6) is 1.76. The molecule has 0 saturated carbocycles. The van der Waals surface area contributed by atoms with E-state index in [1.165, 1.54) is 24.2 Å². The van der Waals surface area contributed by atoms with Crippen LogP contribution in [0.2, 0.25) is 5.02 Å². The predicted molar refractivity (Wildman–Crippen MR) is 75.7 cm³/mol. The second kappa shape index (κ2) is 7.99. The summed E-state index contributed by atoms with van der Waals surface area (Å²) in [4.78, 5) is 0. The van der Waals surface area contributed by atoms with Gasteiger partial charge in [0.2, 0.25) is 0 Å². The Morgan fingerprint density at radius 3 is 2.75 bits per heavy atom. The Hall–Kier alpha value is -0.180. The van der Waals surface area contributed by atoms with Gasteiger partial charge < -0.3 is 5.32 Å². The Labute approximate surface area is 108 Å². The van der Waals surface area contributed by atoms with Crippen LogP contribution in [0.5, 0.6) is 0 Å². The fourth-order valence-corrected chi connectivity index (χ4v) is 2.64. The number of thioether (sulfide) groups is 1. The molecule has 0 amide bonds. The van der Waals surface area contributed by atoms with Gasteiger partial charge in [-0.2, -0.15) is 11.8 Å². The second-order valence-electron chi connectivity index (χ2n) is 3.91. The third-order valence-electron chi connectivity index (χ3n) is 2.70. The average Bonchev–Trinajstić information content (AvgIpc) is 2.29. The van der Waals surface area contributed by atoms with Gasteiger partial charge in [0.25, 0.3) is 0 Å². The van der Waals surface area contributed by atoms with Gasteiger partial charge in [-0.25, -0.2) is 0 Å². The van der Waals surface area contributed by atoms with E-state index in [-0.39, 0.29) is 0 Å². The Morgan fingerprint density at radius 2 is 2.12 bits per heavy atom. The standard InChI is InChI=1S/C13H20ClNS/c1-15-10-11(6-5-9-16-2)12-7-3-4-8-13(12)14/h3-4,7-8,11,15H,5-6,9-10H2,1-2H3. The number of hydrogen-bond acceptors (Lipinski definition) is 2. The van der Waals surface area contributed by atoms with Gasteiger partial charge in [-0.05, 0) is 49.4 Å². The first kappa shape index (κ1) is 13.9. The molecule has 1 N–H and O–H groups in total. The molecule has 90 valence electrons. The maximum absolute atomic E-state index is 6.23. The first-order valence-corrected chi connectivity index (χ1v) is 7.44. The zero-order chi connectivity index (χ0) is 11.8. The third kappa shape index (κ3) is 4.36. The minimum Gasteiger partial charge on any atom is -0.319 e. The number of nitrogens with one attached hydrogen (secondary N) is 1. The minimum atomic E-state index is 0.533. The van der Waals surface area contributed by atoms with Crippen molar-refractivity contribution in [3.05, 3.63) is 34.9 Å². The molecule has 0 bridgehead atoms. The van der Waals surface area contributed by atoms with Crippen molar-refractivity contribution in [3.8, 4) is 0 Å². The van der Waals surface area contributed by atoms with E-state index in [0.717, 1.165) is 11.6 Å². The normalized spacial score (nSPS) is 12.7. The van der Waals surface area contributed by atoms with Crippen LogP contribution in [0.1, 0.15) is 24.3 Å². The monoisotopic (exact) mass is 257 g/mol. The number of halogens is 1. The molecule has 0 aromatic heterocycles. The summed E-state index contributed by atoms with van der Waals surface area (Å²) in [5, 5.41) is 4.15. The lowest BCUT2D eigenvalue weighted by Gasteiger charge is -2.18. The molecule has 0 aliphatic rings. The first-order valence-electron chi connectivity index (χ1n) is 5.67. The maximum Gasteiger partial charge on any atom is 0.0441 e. The minimum absolute atomic E-state index is 0.533. The van der Waals surface area contributed by atoms with Gasteiger partial charge >= 0.3 is 0 Å². The highest BCUT2D eigenvalue weighted by molar-refractivity contribution is 7.98. The molecular weight excluding hydrogens is 238 g/mol. The Bertz CT molecular complexity index is 304. The van der Waals surface area contributed by atoms with Gasteiger partial charge in [-0.3, -0.25) is 0 Å². The molecule has 0 spiro atoms.